The second-order valence-electron chi connectivity index (χ2n) is 3.32. The number of carbonyl (C=O) groups is 1. The topological polar surface area (TPSA) is 46.5 Å². The Labute approximate surface area is 83.3 Å². The van der Waals surface area contributed by atoms with Crippen molar-refractivity contribution in [1.82, 2.24) is 0 Å². The normalized spacial score (nSPS) is 14.7. The van der Waals surface area contributed by atoms with Gasteiger partial charge >= 0.3 is 0 Å². The highest BCUT2D eigenvalue weighted by Gasteiger charge is 2.28. The van der Waals surface area contributed by atoms with Crippen LogP contribution in [0.5, 0.6) is 5.75 Å². The van der Waals surface area contributed by atoms with E-state index in [1.54, 1.807) is 31.2 Å². The van der Waals surface area contributed by atoms with Crippen molar-refractivity contribution in [3.8, 4) is 5.75 Å². The van der Waals surface area contributed by atoms with Gasteiger partial charge in [-0.15, -0.1) is 0 Å². The molecule has 0 bridgehead atoms. The molecule has 0 saturated carbocycles. The third kappa shape index (κ3) is 1.93. The summed E-state index contributed by atoms with van der Waals surface area (Å²) in [5.41, 5.74) is -0.109. The SMILES string of the molecule is COC(C)(CC=O)c1ccccc1O. The number of rotatable bonds is 4. The summed E-state index contributed by atoms with van der Waals surface area (Å²) in [6.07, 6.45) is 1.01. The zero-order chi connectivity index (χ0) is 10.6. The molecular formula is C11H14O3. The van der Waals surface area contributed by atoms with Crippen LogP contribution in [0.25, 0.3) is 0 Å². The maximum absolute atomic E-state index is 10.5. The Balaban J connectivity index is 3.11. The summed E-state index contributed by atoms with van der Waals surface area (Å²) >= 11 is 0. The smallest absolute Gasteiger partial charge is 0.123 e. The van der Waals surface area contributed by atoms with Gasteiger partial charge in [-0.05, 0) is 13.0 Å². The van der Waals surface area contributed by atoms with Gasteiger partial charge in [0.15, 0.2) is 0 Å². The van der Waals surface area contributed by atoms with Crippen LogP contribution in [-0.2, 0) is 15.1 Å². The second kappa shape index (κ2) is 4.24. The van der Waals surface area contributed by atoms with Crippen molar-refractivity contribution >= 4 is 6.29 Å². The van der Waals surface area contributed by atoms with E-state index in [-0.39, 0.29) is 12.2 Å². The number of phenols is 1. The highest BCUT2D eigenvalue weighted by Crippen LogP contribution is 2.33. The van der Waals surface area contributed by atoms with Crippen LogP contribution in [0.3, 0.4) is 0 Å². The van der Waals surface area contributed by atoms with Gasteiger partial charge in [0.2, 0.25) is 0 Å². The molecule has 1 atom stereocenters. The maximum atomic E-state index is 10.5. The van der Waals surface area contributed by atoms with Crippen LogP contribution in [0, 0.1) is 0 Å². The largest absolute Gasteiger partial charge is 0.508 e. The minimum atomic E-state index is -0.743. The average Bonchev–Trinajstić information content (AvgIpc) is 2.18. The molecule has 0 aromatic heterocycles. The Morgan fingerprint density at radius 3 is 2.64 bits per heavy atom. The van der Waals surface area contributed by atoms with E-state index in [4.69, 9.17) is 4.74 Å². The Kier molecular flexibility index (Phi) is 3.25. The molecule has 1 rings (SSSR count). The second-order valence-corrected chi connectivity index (χ2v) is 3.32. The summed E-state index contributed by atoms with van der Waals surface area (Å²) < 4.78 is 5.25. The first-order valence-electron chi connectivity index (χ1n) is 4.41. The third-order valence-electron chi connectivity index (χ3n) is 2.40. The standard InChI is InChI=1S/C11H14O3/c1-11(14-2,7-8-12)9-5-3-4-6-10(9)13/h3-6,8,13H,7H2,1-2H3. The molecule has 0 amide bonds. The average molecular weight is 194 g/mol. The lowest BCUT2D eigenvalue weighted by Crippen LogP contribution is -2.24. The van der Waals surface area contributed by atoms with Gasteiger partial charge in [0, 0.05) is 19.1 Å². The molecule has 1 N–H and O–H groups in total. The Morgan fingerprint density at radius 2 is 2.14 bits per heavy atom. The van der Waals surface area contributed by atoms with Gasteiger partial charge in [-0.3, -0.25) is 0 Å². The molecule has 3 heteroatoms. The first-order chi connectivity index (χ1) is 6.64. The fourth-order valence-corrected chi connectivity index (χ4v) is 1.38. The maximum Gasteiger partial charge on any atom is 0.123 e. The molecule has 0 aliphatic heterocycles. The molecule has 1 aromatic carbocycles. The van der Waals surface area contributed by atoms with Crippen molar-refractivity contribution in [2.24, 2.45) is 0 Å². The lowest BCUT2D eigenvalue weighted by Gasteiger charge is -2.27. The molecule has 3 nitrogen and oxygen atoms in total. The first kappa shape index (κ1) is 10.7. The van der Waals surface area contributed by atoms with E-state index in [1.165, 1.54) is 7.11 Å². The minimum Gasteiger partial charge on any atom is -0.508 e. The zero-order valence-corrected chi connectivity index (χ0v) is 8.36. The van der Waals surface area contributed by atoms with E-state index in [2.05, 4.69) is 0 Å². The van der Waals surface area contributed by atoms with Crippen LogP contribution in [0.4, 0.5) is 0 Å². The van der Waals surface area contributed by atoms with Crippen molar-refractivity contribution in [1.29, 1.82) is 0 Å². The number of para-hydroxylation sites is 1. The number of aromatic hydroxyl groups is 1. The van der Waals surface area contributed by atoms with Crippen molar-refractivity contribution in [2.75, 3.05) is 7.11 Å². The van der Waals surface area contributed by atoms with Crippen molar-refractivity contribution in [2.45, 2.75) is 18.9 Å². The van der Waals surface area contributed by atoms with Crippen molar-refractivity contribution in [3.05, 3.63) is 29.8 Å². The van der Waals surface area contributed by atoms with E-state index in [9.17, 15) is 9.90 Å². The van der Waals surface area contributed by atoms with Crippen LogP contribution in [-0.4, -0.2) is 18.5 Å². The van der Waals surface area contributed by atoms with E-state index in [0.717, 1.165) is 6.29 Å². The van der Waals surface area contributed by atoms with Gasteiger partial charge < -0.3 is 14.6 Å². The molecule has 0 aliphatic rings. The molecule has 14 heavy (non-hydrogen) atoms. The fraction of sp³-hybridized carbons (Fsp3) is 0.364. The fourth-order valence-electron chi connectivity index (χ4n) is 1.38. The Morgan fingerprint density at radius 1 is 1.50 bits per heavy atom. The predicted octanol–water partition coefficient (Wildman–Crippen LogP) is 1.84. The van der Waals surface area contributed by atoms with Gasteiger partial charge in [-0.25, -0.2) is 0 Å². The molecule has 0 fully saturated rings. The Bertz CT molecular complexity index is 322. The molecule has 0 aliphatic carbocycles. The van der Waals surface area contributed by atoms with E-state index < -0.39 is 5.60 Å². The van der Waals surface area contributed by atoms with Gasteiger partial charge in [0.1, 0.15) is 17.6 Å². The minimum absolute atomic E-state index is 0.152. The first-order valence-corrected chi connectivity index (χ1v) is 4.41. The number of benzene rings is 1. The van der Waals surface area contributed by atoms with Crippen molar-refractivity contribution in [3.63, 3.8) is 0 Å². The monoisotopic (exact) mass is 194 g/mol. The van der Waals surface area contributed by atoms with Crippen LogP contribution in [0.1, 0.15) is 18.9 Å². The molecular weight excluding hydrogens is 180 g/mol. The van der Waals surface area contributed by atoms with Gasteiger partial charge in [0.05, 0.1) is 0 Å². The summed E-state index contributed by atoms with van der Waals surface area (Å²) in [7, 11) is 1.52. The third-order valence-corrected chi connectivity index (χ3v) is 2.40. The van der Waals surface area contributed by atoms with Crippen LogP contribution in [0.2, 0.25) is 0 Å². The quantitative estimate of drug-likeness (QED) is 0.744. The van der Waals surface area contributed by atoms with E-state index in [0.29, 0.717) is 5.56 Å². The van der Waals surface area contributed by atoms with Gasteiger partial charge in [-0.2, -0.15) is 0 Å². The molecule has 0 spiro atoms. The number of phenolic OH excluding ortho intramolecular Hbond substituents is 1. The van der Waals surface area contributed by atoms with Crippen LogP contribution in [0.15, 0.2) is 24.3 Å². The summed E-state index contributed by atoms with van der Waals surface area (Å²) in [6.45, 7) is 1.77. The number of aldehydes is 1. The summed E-state index contributed by atoms with van der Waals surface area (Å²) in [5, 5.41) is 9.61. The zero-order valence-electron chi connectivity index (χ0n) is 8.36. The highest BCUT2D eigenvalue weighted by atomic mass is 16.5. The van der Waals surface area contributed by atoms with Crippen molar-refractivity contribution < 1.29 is 14.6 Å². The Hall–Kier alpha value is -1.35. The molecule has 76 valence electrons. The molecule has 0 saturated heterocycles. The molecule has 0 heterocycles. The number of hydrogen-bond acceptors (Lipinski definition) is 3. The number of methoxy groups -OCH3 is 1. The molecule has 1 unspecified atom stereocenters. The molecule has 1 aromatic rings. The summed E-state index contributed by atoms with van der Waals surface area (Å²) in [4.78, 5) is 10.5. The molecule has 0 radical (unpaired) electrons. The van der Waals surface area contributed by atoms with E-state index in [1.807, 2.05) is 0 Å². The summed E-state index contributed by atoms with van der Waals surface area (Å²) in [6, 6.07) is 6.87. The van der Waals surface area contributed by atoms with Crippen LogP contribution < -0.4 is 0 Å². The van der Waals surface area contributed by atoms with Gasteiger partial charge in [0.25, 0.3) is 0 Å². The number of carbonyl (C=O) groups excluding carboxylic acids is 1. The number of ether oxygens (including phenoxy) is 1. The summed E-state index contributed by atoms with van der Waals surface area (Å²) in [5.74, 6) is 0.152. The number of hydrogen-bond donors (Lipinski definition) is 1. The highest BCUT2D eigenvalue weighted by molar-refractivity contribution is 5.53. The van der Waals surface area contributed by atoms with Crippen LogP contribution >= 0.6 is 0 Å². The van der Waals surface area contributed by atoms with Gasteiger partial charge in [-0.1, -0.05) is 18.2 Å². The lowest BCUT2D eigenvalue weighted by molar-refractivity contribution is -0.113. The lowest BCUT2D eigenvalue weighted by atomic mass is 9.92. The van der Waals surface area contributed by atoms with E-state index >= 15 is 0 Å². The predicted molar refractivity (Wildman–Crippen MR) is 53.1 cm³/mol.